The molecular formula is C11H6Br2F2N2OS. The second-order valence-electron chi connectivity index (χ2n) is 3.51. The first-order valence-corrected chi connectivity index (χ1v) is 7.30. The molecule has 19 heavy (non-hydrogen) atoms. The molecule has 0 atom stereocenters. The fourth-order valence-corrected chi connectivity index (χ4v) is 3.26. The zero-order chi connectivity index (χ0) is 14.2. The summed E-state index contributed by atoms with van der Waals surface area (Å²) >= 11 is 7.64. The number of hydrogen-bond donors (Lipinski definition) is 2. The molecule has 0 radical (unpaired) electrons. The lowest BCUT2D eigenvalue weighted by atomic mass is 10.2. The number of carbonyl (C=O) groups excluding carboxylic acids is 1. The highest BCUT2D eigenvalue weighted by atomic mass is 79.9. The van der Waals surface area contributed by atoms with Crippen LogP contribution in [0.15, 0.2) is 26.5 Å². The summed E-state index contributed by atoms with van der Waals surface area (Å²) in [5, 5.41) is 2.27. The number of carbonyl (C=O) groups is 1. The van der Waals surface area contributed by atoms with Crippen LogP contribution in [0.25, 0.3) is 0 Å². The molecule has 3 N–H and O–H groups in total. The van der Waals surface area contributed by atoms with Crippen LogP contribution in [-0.4, -0.2) is 5.91 Å². The van der Waals surface area contributed by atoms with Gasteiger partial charge >= 0.3 is 0 Å². The molecule has 0 aliphatic heterocycles. The van der Waals surface area contributed by atoms with Crippen molar-refractivity contribution in [2.24, 2.45) is 0 Å². The molecule has 0 aliphatic carbocycles. The van der Waals surface area contributed by atoms with Gasteiger partial charge in [0.05, 0.1) is 14.4 Å². The number of thiophene rings is 1. The zero-order valence-electron chi connectivity index (χ0n) is 9.14. The number of hydrogen-bond acceptors (Lipinski definition) is 3. The number of anilines is 2. The quantitative estimate of drug-likeness (QED) is 0.720. The maximum atomic E-state index is 13.5. The second kappa shape index (κ2) is 5.56. The molecule has 0 bridgehead atoms. The Hall–Kier alpha value is -0.990. The summed E-state index contributed by atoms with van der Waals surface area (Å²) < 4.78 is 28.1. The lowest BCUT2D eigenvalue weighted by Gasteiger charge is -2.08. The van der Waals surface area contributed by atoms with Gasteiger partial charge in [-0.3, -0.25) is 4.79 Å². The molecule has 0 saturated heterocycles. The van der Waals surface area contributed by atoms with E-state index in [2.05, 4.69) is 37.2 Å². The van der Waals surface area contributed by atoms with Crippen LogP contribution in [0.2, 0.25) is 0 Å². The molecule has 2 aromatic rings. The molecule has 1 aromatic carbocycles. The van der Waals surface area contributed by atoms with Crippen molar-refractivity contribution in [1.29, 1.82) is 0 Å². The van der Waals surface area contributed by atoms with Crippen LogP contribution in [0.5, 0.6) is 0 Å². The molecule has 2 rings (SSSR count). The Labute approximate surface area is 128 Å². The number of nitrogen functional groups attached to an aromatic ring is 1. The predicted molar refractivity (Wildman–Crippen MR) is 78.4 cm³/mol. The molecule has 0 fully saturated rings. The van der Waals surface area contributed by atoms with Gasteiger partial charge in [0.25, 0.3) is 5.91 Å². The third-order valence-electron chi connectivity index (χ3n) is 2.23. The third-order valence-corrected chi connectivity index (χ3v) is 5.49. The van der Waals surface area contributed by atoms with E-state index in [1.54, 1.807) is 6.07 Å². The fraction of sp³-hybridized carbons (Fsp3) is 0. The highest BCUT2D eigenvalue weighted by molar-refractivity contribution is 9.13. The van der Waals surface area contributed by atoms with Crippen LogP contribution in [0, 0.1) is 11.6 Å². The molecule has 1 aromatic heterocycles. The van der Waals surface area contributed by atoms with E-state index in [4.69, 9.17) is 5.73 Å². The van der Waals surface area contributed by atoms with Gasteiger partial charge in [-0.05, 0) is 50.1 Å². The molecule has 0 aliphatic rings. The first kappa shape index (κ1) is 14.4. The largest absolute Gasteiger partial charge is 0.397 e. The van der Waals surface area contributed by atoms with Crippen LogP contribution < -0.4 is 11.1 Å². The Morgan fingerprint density at radius 3 is 2.58 bits per heavy atom. The number of rotatable bonds is 2. The molecule has 3 nitrogen and oxygen atoms in total. The van der Waals surface area contributed by atoms with Crippen LogP contribution >= 0.6 is 43.2 Å². The van der Waals surface area contributed by atoms with E-state index in [9.17, 15) is 13.6 Å². The summed E-state index contributed by atoms with van der Waals surface area (Å²) in [4.78, 5) is 12.2. The molecule has 0 unspecified atom stereocenters. The first-order chi connectivity index (χ1) is 8.90. The van der Waals surface area contributed by atoms with Crippen molar-refractivity contribution in [3.05, 3.63) is 43.0 Å². The van der Waals surface area contributed by atoms with Crippen molar-refractivity contribution in [3.8, 4) is 0 Å². The van der Waals surface area contributed by atoms with E-state index in [-0.39, 0.29) is 11.4 Å². The molecular weight excluding hydrogens is 406 g/mol. The molecule has 0 saturated carbocycles. The van der Waals surface area contributed by atoms with E-state index in [0.717, 1.165) is 21.2 Å². The number of halogens is 4. The van der Waals surface area contributed by atoms with E-state index in [1.165, 1.54) is 6.07 Å². The molecule has 0 spiro atoms. The molecule has 1 heterocycles. The maximum absolute atomic E-state index is 13.5. The van der Waals surface area contributed by atoms with Gasteiger partial charge in [0, 0.05) is 4.47 Å². The Morgan fingerprint density at radius 1 is 1.32 bits per heavy atom. The van der Waals surface area contributed by atoms with Crippen molar-refractivity contribution in [3.63, 3.8) is 0 Å². The lowest BCUT2D eigenvalue weighted by Crippen LogP contribution is -2.13. The Bertz CT molecular complexity index is 641. The summed E-state index contributed by atoms with van der Waals surface area (Å²) in [7, 11) is 0. The number of nitrogens with one attached hydrogen (secondary N) is 1. The van der Waals surface area contributed by atoms with Gasteiger partial charge in [-0.1, -0.05) is 0 Å². The second-order valence-corrected chi connectivity index (χ2v) is 6.74. The number of benzene rings is 1. The van der Waals surface area contributed by atoms with Gasteiger partial charge in [0.15, 0.2) is 11.6 Å². The fourth-order valence-electron chi connectivity index (χ4n) is 1.33. The topological polar surface area (TPSA) is 55.1 Å². The Kier molecular flexibility index (Phi) is 4.22. The van der Waals surface area contributed by atoms with Crippen molar-refractivity contribution in [2.45, 2.75) is 0 Å². The van der Waals surface area contributed by atoms with Gasteiger partial charge in [0.2, 0.25) is 0 Å². The lowest BCUT2D eigenvalue weighted by molar-refractivity contribution is 0.103. The zero-order valence-corrected chi connectivity index (χ0v) is 13.1. The van der Waals surface area contributed by atoms with Gasteiger partial charge in [-0.2, -0.15) is 0 Å². The molecule has 1 amide bonds. The molecule has 8 heteroatoms. The van der Waals surface area contributed by atoms with Crippen LogP contribution in [0.3, 0.4) is 0 Å². The average molecular weight is 412 g/mol. The van der Waals surface area contributed by atoms with Crippen molar-refractivity contribution in [2.75, 3.05) is 11.1 Å². The highest BCUT2D eigenvalue weighted by Gasteiger charge is 2.17. The molecule has 100 valence electrons. The number of amides is 1. The standard InChI is InChI=1S/C11H6Br2F2N2OS/c12-4-3-7(19-10(4)13)11(18)17-9-6(16)2-1-5(14)8(9)15/h1-3H,16H2,(H,17,18). The van der Waals surface area contributed by atoms with Gasteiger partial charge in [-0.15, -0.1) is 11.3 Å². The smallest absolute Gasteiger partial charge is 0.265 e. The van der Waals surface area contributed by atoms with Gasteiger partial charge in [-0.25, -0.2) is 8.78 Å². The van der Waals surface area contributed by atoms with Crippen LogP contribution in [-0.2, 0) is 0 Å². The first-order valence-electron chi connectivity index (χ1n) is 4.90. The Balaban J connectivity index is 2.31. The summed E-state index contributed by atoms with van der Waals surface area (Å²) in [5.74, 6) is -2.81. The van der Waals surface area contributed by atoms with Gasteiger partial charge in [0.1, 0.15) is 5.69 Å². The van der Waals surface area contributed by atoms with Crippen molar-refractivity contribution >= 4 is 60.5 Å². The SMILES string of the molecule is Nc1ccc(F)c(F)c1NC(=O)c1cc(Br)c(Br)s1. The summed E-state index contributed by atoms with van der Waals surface area (Å²) in [6.07, 6.45) is 0. The average Bonchev–Trinajstić information content (AvgIpc) is 2.70. The van der Waals surface area contributed by atoms with E-state index >= 15 is 0 Å². The van der Waals surface area contributed by atoms with E-state index in [1.807, 2.05) is 0 Å². The van der Waals surface area contributed by atoms with Crippen LogP contribution in [0.4, 0.5) is 20.2 Å². The van der Waals surface area contributed by atoms with E-state index in [0.29, 0.717) is 9.35 Å². The maximum Gasteiger partial charge on any atom is 0.265 e. The predicted octanol–water partition coefficient (Wildman–Crippen LogP) is 4.39. The third kappa shape index (κ3) is 2.96. The summed E-state index contributed by atoms with van der Waals surface area (Å²) in [6.45, 7) is 0. The van der Waals surface area contributed by atoms with Crippen LogP contribution in [0.1, 0.15) is 9.67 Å². The highest BCUT2D eigenvalue weighted by Crippen LogP contribution is 2.33. The normalized spacial score (nSPS) is 10.5. The van der Waals surface area contributed by atoms with Crippen molar-refractivity contribution in [1.82, 2.24) is 0 Å². The Morgan fingerprint density at radius 2 is 2.00 bits per heavy atom. The monoisotopic (exact) mass is 410 g/mol. The van der Waals surface area contributed by atoms with Crippen molar-refractivity contribution < 1.29 is 13.6 Å². The summed E-state index contributed by atoms with van der Waals surface area (Å²) in [5.41, 5.74) is 5.12. The minimum atomic E-state index is -1.18. The van der Waals surface area contributed by atoms with E-state index < -0.39 is 17.5 Å². The minimum Gasteiger partial charge on any atom is -0.397 e. The number of nitrogens with two attached hydrogens (primary N) is 1. The summed E-state index contributed by atoms with van der Waals surface area (Å²) in [6, 6.07) is 3.66. The minimum absolute atomic E-state index is 0.0399. The van der Waals surface area contributed by atoms with Gasteiger partial charge < -0.3 is 11.1 Å².